The van der Waals surface area contributed by atoms with Crippen molar-refractivity contribution < 1.29 is 9.53 Å². The Morgan fingerprint density at radius 1 is 1.26 bits per heavy atom. The molecule has 3 aromatic rings. The van der Waals surface area contributed by atoms with Crippen molar-refractivity contribution in [2.24, 2.45) is 7.05 Å². The average molecular weight is 385 g/mol. The Morgan fingerprint density at radius 3 is 2.89 bits per heavy atom. The Morgan fingerprint density at radius 2 is 2.07 bits per heavy atom. The number of aromatic nitrogens is 4. The standard InChI is InChI=1S/C18H19N5O3S/c1-23-14(24)8-7-11(22-23)18(25)26-9-13-20-16(19)15-10-5-3-2-4-6-12(10)27-17(15)21-13/h7-8H,2-6,9H2,1H3,(H2,19,20,21). The van der Waals surface area contributed by atoms with Crippen molar-refractivity contribution in [3.05, 3.63) is 44.4 Å². The molecule has 0 fully saturated rings. The number of hydrogen-bond acceptors (Lipinski definition) is 8. The van der Waals surface area contributed by atoms with E-state index in [-0.39, 0.29) is 17.9 Å². The van der Waals surface area contributed by atoms with Crippen LogP contribution >= 0.6 is 11.3 Å². The van der Waals surface area contributed by atoms with Crippen LogP contribution in [0.25, 0.3) is 10.2 Å². The lowest BCUT2D eigenvalue weighted by molar-refractivity contribution is 0.0453. The maximum atomic E-state index is 12.1. The number of esters is 1. The highest BCUT2D eigenvalue weighted by atomic mass is 32.1. The molecule has 3 heterocycles. The predicted molar refractivity (Wildman–Crippen MR) is 102 cm³/mol. The van der Waals surface area contributed by atoms with Gasteiger partial charge in [0.05, 0.1) is 5.39 Å². The maximum absolute atomic E-state index is 12.1. The van der Waals surface area contributed by atoms with Crippen LogP contribution in [0.2, 0.25) is 0 Å². The summed E-state index contributed by atoms with van der Waals surface area (Å²) in [5.41, 5.74) is 7.23. The normalized spacial score (nSPS) is 14.0. The number of aryl methyl sites for hydroxylation is 3. The van der Waals surface area contributed by atoms with Crippen LogP contribution in [-0.2, 0) is 31.2 Å². The van der Waals surface area contributed by atoms with E-state index < -0.39 is 5.97 Å². The largest absolute Gasteiger partial charge is 0.453 e. The van der Waals surface area contributed by atoms with Gasteiger partial charge in [-0.15, -0.1) is 11.3 Å². The van der Waals surface area contributed by atoms with Crippen LogP contribution < -0.4 is 11.3 Å². The third kappa shape index (κ3) is 3.42. The fourth-order valence-electron chi connectivity index (χ4n) is 3.29. The molecule has 0 unspecified atom stereocenters. The minimum absolute atomic E-state index is 0.0500. The molecule has 2 N–H and O–H groups in total. The van der Waals surface area contributed by atoms with Gasteiger partial charge >= 0.3 is 5.97 Å². The molecule has 27 heavy (non-hydrogen) atoms. The number of carbonyl (C=O) groups is 1. The summed E-state index contributed by atoms with van der Waals surface area (Å²) in [6.07, 6.45) is 5.64. The van der Waals surface area contributed by atoms with Gasteiger partial charge in [0.2, 0.25) is 0 Å². The molecule has 4 rings (SSSR count). The Balaban J connectivity index is 1.56. The van der Waals surface area contributed by atoms with Crippen LogP contribution in [-0.4, -0.2) is 25.7 Å². The van der Waals surface area contributed by atoms with Crippen molar-refractivity contribution in [1.29, 1.82) is 0 Å². The van der Waals surface area contributed by atoms with Gasteiger partial charge in [-0.05, 0) is 37.3 Å². The number of nitrogen functional groups attached to an aromatic ring is 1. The number of hydrogen-bond donors (Lipinski definition) is 1. The van der Waals surface area contributed by atoms with Gasteiger partial charge in [0, 0.05) is 18.0 Å². The lowest BCUT2D eigenvalue weighted by Gasteiger charge is -2.06. The number of rotatable bonds is 3. The predicted octanol–water partition coefficient (Wildman–Crippen LogP) is 1.99. The molecule has 3 aromatic heterocycles. The molecular weight excluding hydrogens is 366 g/mol. The molecule has 0 saturated carbocycles. The molecule has 0 amide bonds. The van der Waals surface area contributed by atoms with E-state index in [9.17, 15) is 9.59 Å². The molecule has 8 nitrogen and oxygen atoms in total. The maximum Gasteiger partial charge on any atom is 0.359 e. The van der Waals surface area contributed by atoms with Crippen molar-refractivity contribution in [3.8, 4) is 0 Å². The van der Waals surface area contributed by atoms with Crippen molar-refractivity contribution >= 4 is 33.3 Å². The number of ether oxygens (including phenoxy) is 1. The van der Waals surface area contributed by atoms with E-state index in [1.54, 1.807) is 11.3 Å². The first-order chi connectivity index (χ1) is 13.0. The second-order valence-corrected chi connectivity index (χ2v) is 7.61. The van der Waals surface area contributed by atoms with E-state index in [2.05, 4.69) is 15.1 Å². The van der Waals surface area contributed by atoms with Gasteiger partial charge in [0.1, 0.15) is 10.6 Å². The van der Waals surface area contributed by atoms with Gasteiger partial charge in [-0.25, -0.2) is 19.4 Å². The first kappa shape index (κ1) is 17.6. The molecule has 140 valence electrons. The molecule has 1 aliphatic rings. The van der Waals surface area contributed by atoms with Crippen LogP contribution in [0.3, 0.4) is 0 Å². The Kier molecular flexibility index (Phi) is 4.61. The molecule has 0 radical (unpaired) electrons. The molecule has 0 saturated heterocycles. The Hall–Kier alpha value is -2.81. The Bertz CT molecular complexity index is 1090. The highest BCUT2D eigenvalue weighted by Crippen LogP contribution is 2.37. The second kappa shape index (κ2) is 7.07. The lowest BCUT2D eigenvalue weighted by atomic mass is 10.1. The molecule has 0 spiro atoms. The zero-order valence-corrected chi connectivity index (χ0v) is 15.7. The fourth-order valence-corrected chi connectivity index (χ4v) is 4.58. The lowest BCUT2D eigenvalue weighted by Crippen LogP contribution is -2.22. The molecule has 0 aliphatic heterocycles. The molecule has 0 atom stereocenters. The van der Waals surface area contributed by atoms with Gasteiger partial charge < -0.3 is 10.5 Å². The van der Waals surface area contributed by atoms with Gasteiger partial charge in [0.25, 0.3) is 5.56 Å². The van der Waals surface area contributed by atoms with E-state index in [0.29, 0.717) is 11.6 Å². The summed E-state index contributed by atoms with van der Waals surface area (Å²) >= 11 is 1.65. The number of carbonyl (C=O) groups excluding carboxylic acids is 1. The highest BCUT2D eigenvalue weighted by molar-refractivity contribution is 7.19. The summed E-state index contributed by atoms with van der Waals surface area (Å²) in [5.74, 6) is 0.148. The number of anilines is 1. The topological polar surface area (TPSA) is 113 Å². The number of nitrogens with zero attached hydrogens (tertiary/aromatic N) is 4. The van der Waals surface area contributed by atoms with Crippen LogP contribution in [0.5, 0.6) is 0 Å². The summed E-state index contributed by atoms with van der Waals surface area (Å²) in [6, 6.07) is 2.60. The fraction of sp³-hybridized carbons (Fsp3) is 0.389. The van der Waals surface area contributed by atoms with Gasteiger partial charge in [0.15, 0.2) is 18.1 Å². The van der Waals surface area contributed by atoms with E-state index >= 15 is 0 Å². The smallest absolute Gasteiger partial charge is 0.359 e. The quantitative estimate of drug-likeness (QED) is 0.542. The second-order valence-electron chi connectivity index (χ2n) is 6.53. The molecule has 0 aromatic carbocycles. The summed E-state index contributed by atoms with van der Waals surface area (Å²) < 4.78 is 6.32. The van der Waals surface area contributed by atoms with Gasteiger partial charge in [-0.2, -0.15) is 5.10 Å². The zero-order valence-electron chi connectivity index (χ0n) is 14.9. The monoisotopic (exact) mass is 385 g/mol. The SMILES string of the molecule is Cn1nc(C(=O)OCc2nc(N)c3c4c(sc3n2)CCCCC4)ccc1=O. The van der Waals surface area contributed by atoms with Crippen LogP contribution in [0.15, 0.2) is 16.9 Å². The van der Waals surface area contributed by atoms with Crippen molar-refractivity contribution in [2.45, 2.75) is 38.7 Å². The van der Waals surface area contributed by atoms with Crippen LogP contribution in [0.4, 0.5) is 5.82 Å². The molecule has 0 bridgehead atoms. The van der Waals surface area contributed by atoms with Gasteiger partial charge in [-0.3, -0.25) is 4.79 Å². The summed E-state index contributed by atoms with van der Waals surface area (Å²) in [6.45, 7) is -0.105. The average Bonchev–Trinajstić information content (AvgIpc) is 2.84. The van der Waals surface area contributed by atoms with E-state index in [0.717, 1.165) is 34.2 Å². The molecule has 9 heteroatoms. The third-order valence-corrected chi connectivity index (χ3v) is 5.83. The van der Waals surface area contributed by atoms with Gasteiger partial charge in [-0.1, -0.05) is 6.42 Å². The van der Waals surface area contributed by atoms with Crippen LogP contribution in [0, 0.1) is 0 Å². The van der Waals surface area contributed by atoms with E-state index in [4.69, 9.17) is 10.5 Å². The number of thiophene rings is 1. The van der Waals surface area contributed by atoms with E-state index in [1.807, 2.05) is 0 Å². The minimum atomic E-state index is -0.644. The third-order valence-electron chi connectivity index (χ3n) is 4.64. The molecular formula is C18H19N5O3S. The zero-order chi connectivity index (χ0) is 19.0. The minimum Gasteiger partial charge on any atom is -0.453 e. The van der Waals surface area contributed by atoms with Crippen molar-refractivity contribution in [1.82, 2.24) is 19.7 Å². The first-order valence-electron chi connectivity index (χ1n) is 8.81. The summed E-state index contributed by atoms with van der Waals surface area (Å²) in [4.78, 5) is 34.6. The Labute approximate surface area is 159 Å². The summed E-state index contributed by atoms with van der Waals surface area (Å²) in [5, 5.41) is 4.82. The summed E-state index contributed by atoms with van der Waals surface area (Å²) in [7, 11) is 1.47. The van der Waals surface area contributed by atoms with Crippen molar-refractivity contribution in [2.75, 3.05) is 5.73 Å². The highest BCUT2D eigenvalue weighted by Gasteiger charge is 2.20. The molecule has 1 aliphatic carbocycles. The van der Waals surface area contributed by atoms with Crippen molar-refractivity contribution in [3.63, 3.8) is 0 Å². The number of nitrogens with two attached hydrogens (primary N) is 1. The first-order valence-corrected chi connectivity index (χ1v) is 9.62. The van der Waals surface area contributed by atoms with Crippen LogP contribution in [0.1, 0.15) is 46.0 Å². The van der Waals surface area contributed by atoms with E-state index in [1.165, 1.54) is 42.5 Å². The number of fused-ring (bicyclic) bond motifs is 3.